The molecule has 2 aromatic carbocycles. The van der Waals surface area contributed by atoms with Crippen molar-refractivity contribution in [1.82, 2.24) is 0 Å². The molecule has 3 heteroatoms. The normalized spacial score (nSPS) is 15.5. The van der Waals surface area contributed by atoms with Gasteiger partial charge in [-0.05, 0) is 39.4 Å². The van der Waals surface area contributed by atoms with Crippen molar-refractivity contribution in [2.45, 2.75) is 172 Å². The van der Waals surface area contributed by atoms with Gasteiger partial charge in [0.15, 0.2) is 0 Å². The number of hydrogen-bond donors (Lipinski definition) is 0. The van der Waals surface area contributed by atoms with Crippen LogP contribution in [0.3, 0.4) is 0 Å². The minimum absolute atomic E-state index is 0. The summed E-state index contributed by atoms with van der Waals surface area (Å²) < 4.78 is 1.51. The summed E-state index contributed by atoms with van der Waals surface area (Å²) in [5.41, 5.74) is 13.7. The first-order valence-corrected chi connectivity index (χ1v) is 19.0. The Morgan fingerprint density at radius 1 is 0.688 bits per heavy atom. The summed E-state index contributed by atoms with van der Waals surface area (Å²) in [7, 11) is 0. The van der Waals surface area contributed by atoms with Crippen LogP contribution in [0.5, 0.6) is 0 Å². The van der Waals surface area contributed by atoms with E-state index in [-0.39, 0.29) is 46.5 Å². The fourth-order valence-corrected chi connectivity index (χ4v) is 6.19. The van der Waals surface area contributed by atoms with E-state index in [4.69, 9.17) is 0 Å². The molecule has 0 radical (unpaired) electrons. The van der Waals surface area contributed by atoms with Crippen LogP contribution in [-0.4, -0.2) is 3.21 Å². The van der Waals surface area contributed by atoms with E-state index in [0.717, 1.165) is 6.42 Å². The average molecular weight is 771 g/mol. The molecule has 0 N–H and O–H groups in total. The molecule has 1 unspecified atom stereocenters. The van der Waals surface area contributed by atoms with E-state index >= 15 is 0 Å². The van der Waals surface area contributed by atoms with Crippen LogP contribution in [0, 0.1) is 23.5 Å². The fourth-order valence-electron chi connectivity index (χ4n) is 6.19. The summed E-state index contributed by atoms with van der Waals surface area (Å²) in [6, 6.07) is 11.4. The van der Waals surface area contributed by atoms with Gasteiger partial charge in [-0.3, -0.25) is 6.08 Å². The van der Waals surface area contributed by atoms with Gasteiger partial charge in [-0.2, -0.15) is 29.3 Å². The molecule has 2 aliphatic rings. The molecule has 268 valence electrons. The van der Waals surface area contributed by atoms with Gasteiger partial charge in [-0.1, -0.05) is 164 Å². The number of rotatable bonds is 3. The number of allylic oxidation sites excluding steroid dienone is 4. The molecule has 2 aliphatic carbocycles. The second kappa shape index (κ2) is 17.7. The third-order valence-corrected chi connectivity index (χ3v) is 8.80. The second-order valence-corrected chi connectivity index (χ2v) is 21.6. The molecule has 0 amide bonds. The zero-order valence-corrected chi connectivity index (χ0v) is 38.0. The molecule has 4 rings (SSSR count). The van der Waals surface area contributed by atoms with Gasteiger partial charge in [0.25, 0.3) is 0 Å². The van der Waals surface area contributed by atoms with E-state index in [1.54, 1.807) is 24.2 Å². The largest absolute Gasteiger partial charge is 1.00 e. The Bertz CT molecular complexity index is 1350. The van der Waals surface area contributed by atoms with Crippen molar-refractivity contribution in [1.29, 1.82) is 0 Å². The molecule has 2 aromatic rings. The first kappa shape index (κ1) is 47.3. The number of unbranched alkanes of at least 4 members (excludes halogenated alkanes) is 1. The van der Waals surface area contributed by atoms with Gasteiger partial charge in [0.1, 0.15) is 0 Å². The van der Waals surface area contributed by atoms with E-state index in [2.05, 4.69) is 167 Å². The minimum atomic E-state index is 0. The summed E-state index contributed by atoms with van der Waals surface area (Å²) >= 11 is 1.55. The summed E-state index contributed by atoms with van der Waals surface area (Å²) in [6.07, 6.45) is 12.9. The van der Waals surface area contributed by atoms with Gasteiger partial charge in [-0.15, -0.1) is 16.7 Å². The summed E-state index contributed by atoms with van der Waals surface area (Å²) in [5.74, 6) is 0.592. The van der Waals surface area contributed by atoms with Crippen LogP contribution < -0.4 is 24.8 Å². The smallest absolute Gasteiger partial charge is 1.00 e. The maximum absolute atomic E-state index is 3.90. The van der Waals surface area contributed by atoms with Gasteiger partial charge in [0.2, 0.25) is 0 Å². The molecule has 0 nitrogen and oxygen atoms in total. The molecule has 48 heavy (non-hydrogen) atoms. The molecular formula is C45H68Cl2Zr-2. The van der Waals surface area contributed by atoms with Gasteiger partial charge < -0.3 is 24.8 Å². The van der Waals surface area contributed by atoms with Crippen LogP contribution in [0.25, 0.3) is 11.1 Å². The molecule has 1 atom stereocenters. The maximum Gasteiger partial charge on any atom is -1.00 e. The predicted molar refractivity (Wildman–Crippen MR) is 203 cm³/mol. The number of benzene rings is 2. The van der Waals surface area contributed by atoms with Crippen LogP contribution in [0.4, 0.5) is 0 Å². The Kier molecular flexibility index (Phi) is 17.4. The van der Waals surface area contributed by atoms with E-state index in [1.165, 1.54) is 72.5 Å². The zero-order valence-electron chi connectivity index (χ0n) is 34.0. The average Bonchev–Trinajstić information content (AvgIpc) is 3.48. The fraction of sp³-hybridized carbons (Fsp3) is 0.622. The molecule has 0 saturated heterocycles. The molecule has 0 heterocycles. The van der Waals surface area contributed by atoms with Crippen molar-refractivity contribution in [2.24, 2.45) is 11.3 Å². The maximum atomic E-state index is 3.90. The van der Waals surface area contributed by atoms with Crippen molar-refractivity contribution in [3.05, 3.63) is 81.4 Å². The number of hydrogen-bond acceptors (Lipinski definition) is 0. The molecule has 0 saturated carbocycles. The summed E-state index contributed by atoms with van der Waals surface area (Å²) in [4.78, 5) is 0. The van der Waals surface area contributed by atoms with Crippen LogP contribution in [-0.2, 0) is 52.3 Å². The Morgan fingerprint density at radius 2 is 1.15 bits per heavy atom. The summed E-state index contributed by atoms with van der Waals surface area (Å²) in [6.45, 7) is 41.3. The second-order valence-electron chi connectivity index (χ2n) is 19.1. The van der Waals surface area contributed by atoms with Crippen molar-refractivity contribution in [2.75, 3.05) is 0 Å². The SMILES string of the molecule is CC(C)(C)c1[c-]c2c(cc1C(C)(C)C)-c1cc(C(C)(C)C)c(C(C)(C)C)cc1C2.CCCCC1[C-]=CC(C(C)(C)C)=C1.C[C](C)=[Zr+2].[Cl-].[Cl-]. The monoisotopic (exact) mass is 768 g/mol. The van der Waals surface area contributed by atoms with Crippen LogP contribution in [0.1, 0.15) is 177 Å². The van der Waals surface area contributed by atoms with Gasteiger partial charge >= 0.3 is 41.3 Å². The molecule has 0 aromatic heterocycles. The van der Waals surface area contributed by atoms with Crippen LogP contribution in [0.2, 0.25) is 0 Å². The van der Waals surface area contributed by atoms with Crippen molar-refractivity contribution < 1.29 is 49.0 Å². The number of halogens is 2. The zero-order chi connectivity index (χ0) is 35.6. The topological polar surface area (TPSA) is 0 Å². The molecule has 0 fully saturated rings. The Balaban J connectivity index is 0.000000973. The quantitative estimate of drug-likeness (QED) is 0.249. The van der Waals surface area contributed by atoms with Crippen molar-refractivity contribution in [3.63, 3.8) is 0 Å². The Hall–Kier alpha value is -0.747. The van der Waals surface area contributed by atoms with Crippen molar-refractivity contribution >= 4 is 3.21 Å². The third-order valence-electron chi connectivity index (χ3n) is 8.80. The van der Waals surface area contributed by atoms with Crippen molar-refractivity contribution in [3.8, 4) is 11.1 Å². The molecular weight excluding hydrogens is 703 g/mol. The Morgan fingerprint density at radius 3 is 1.54 bits per heavy atom. The van der Waals surface area contributed by atoms with Gasteiger partial charge in [0, 0.05) is 0 Å². The summed E-state index contributed by atoms with van der Waals surface area (Å²) in [5, 5.41) is 0. The molecule has 0 spiro atoms. The van der Waals surface area contributed by atoms with E-state index in [9.17, 15) is 0 Å². The standard InChI is InChI=1S/C29H41.C13H21.C3H6.2ClH.Zr/c1-26(2,3)22-14-18-13-19-15-23(27(4,5)6)25(29(10,11)12)17-21(19)20(18)16-24(22)28(7,8)9;1-5-6-7-11-8-9-12(10-11)13(2,3)4;1-3-2;;;/h14,16-17H,13H2,1-12H3;9-11H,5-7H2,1-4H3;1-2H3;2*1H;/q2*-1;;;;+2/p-2. The van der Waals surface area contributed by atoms with Crippen LogP contribution in [0.15, 0.2) is 35.9 Å². The first-order valence-electron chi connectivity index (χ1n) is 17.8. The minimum Gasteiger partial charge on any atom is -1.00 e. The Labute approximate surface area is 326 Å². The van der Waals surface area contributed by atoms with E-state index in [0.29, 0.717) is 11.3 Å². The number of fused-ring (bicyclic) bond motifs is 3. The van der Waals surface area contributed by atoms with E-state index in [1.807, 2.05) is 0 Å². The van der Waals surface area contributed by atoms with Gasteiger partial charge in [-0.25, -0.2) is 6.08 Å². The predicted octanol–water partition coefficient (Wildman–Crippen LogP) is 7.14. The van der Waals surface area contributed by atoms with Gasteiger partial charge in [0.05, 0.1) is 0 Å². The third kappa shape index (κ3) is 13.1. The molecule has 0 bridgehead atoms. The first-order chi connectivity index (χ1) is 20.7. The van der Waals surface area contributed by atoms with E-state index < -0.39 is 0 Å². The van der Waals surface area contributed by atoms with Crippen LogP contribution >= 0.6 is 0 Å². The molecule has 0 aliphatic heterocycles.